The summed E-state index contributed by atoms with van der Waals surface area (Å²) in [6, 6.07) is 5.32. The summed E-state index contributed by atoms with van der Waals surface area (Å²) in [6.07, 6.45) is 2.51. The van der Waals surface area contributed by atoms with Crippen LogP contribution in [0.1, 0.15) is 29.6 Å². The van der Waals surface area contributed by atoms with E-state index in [0.717, 1.165) is 12.8 Å². The number of benzene rings is 1. The lowest BCUT2D eigenvalue weighted by Crippen LogP contribution is -2.27. The van der Waals surface area contributed by atoms with Gasteiger partial charge < -0.3 is 21.1 Å². The predicted octanol–water partition coefficient (Wildman–Crippen LogP) is 1.14. The molecule has 108 valence electrons. The van der Waals surface area contributed by atoms with Gasteiger partial charge in [0.2, 0.25) is 5.91 Å². The van der Waals surface area contributed by atoms with E-state index in [1.165, 1.54) is 7.11 Å². The fraction of sp³-hybridized carbons (Fsp3) is 0.429. The van der Waals surface area contributed by atoms with E-state index >= 15 is 0 Å². The third kappa shape index (κ3) is 3.88. The van der Waals surface area contributed by atoms with Gasteiger partial charge in [0, 0.05) is 30.4 Å². The third-order valence-corrected chi connectivity index (χ3v) is 3.06. The quantitative estimate of drug-likeness (QED) is 0.535. The molecule has 1 aromatic carbocycles. The van der Waals surface area contributed by atoms with Crippen molar-refractivity contribution in [2.75, 3.05) is 24.7 Å². The lowest BCUT2D eigenvalue weighted by Gasteiger charge is -2.11. The van der Waals surface area contributed by atoms with Gasteiger partial charge in [-0.05, 0) is 31.0 Å². The fourth-order valence-corrected chi connectivity index (χ4v) is 1.83. The van der Waals surface area contributed by atoms with Crippen molar-refractivity contribution in [2.45, 2.75) is 25.3 Å². The first-order valence-electron chi connectivity index (χ1n) is 6.61. The number of ether oxygens (including phenoxy) is 1. The molecule has 0 spiro atoms. The Morgan fingerprint density at radius 3 is 2.80 bits per heavy atom. The van der Waals surface area contributed by atoms with Crippen LogP contribution in [0.15, 0.2) is 18.2 Å². The number of nitrogens with one attached hydrogen (secondary N) is 2. The Morgan fingerprint density at radius 2 is 2.15 bits per heavy atom. The summed E-state index contributed by atoms with van der Waals surface area (Å²) in [5, 5.41) is 5.97. The van der Waals surface area contributed by atoms with Gasteiger partial charge in [0.1, 0.15) is 0 Å². The van der Waals surface area contributed by atoms with Crippen molar-refractivity contribution < 1.29 is 14.3 Å². The van der Waals surface area contributed by atoms with Gasteiger partial charge in [-0.25, -0.2) is 4.79 Å². The van der Waals surface area contributed by atoms with Gasteiger partial charge in [-0.2, -0.15) is 0 Å². The third-order valence-electron chi connectivity index (χ3n) is 3.06. The van der Waals surface area contributed by atoms with E-state index in [-0.39, 0.29) is 5.91 Å². The number of carbonyl (C=O) groups is 2. The number of nitrogens with two attached hydrogens (primary N) is 1. The van der Waals surface area contributed by atoms with Crippen molar-refractivity contribution in [1.82, 2.24) is 5.32 Å². The maximum absolute atomic E-state index is 11.6. The highest BCUT2D eigenvalue weighted by Gasteiger charge is 2.22. The van der Waals surface area contributed by atoms with Crippen molar-refractivity contribution in [3.63, 3.8) is 0 Å². The van der Waals surface area contributed by atoms with Crippen molar-refractivity contribution in [3.8, 4) is 0 Å². The average molecular weight is 277 g/mol. The second-order valence-corrected chi connectivity index (χ2v) is 4.82. The summed E-state index contributed by atoms with van der Waals surface area (Å²) in [5.74, 6) is -0.433. The van der Waals surface area contributed by atoms with Crippen LogP contribution in [0.4, 0.5) is 11.4 Å². The first-order valence-corrected chi connectivity index (χ1v) is 6.61. The number of carbonyl (C=O) groups excluding carboxylic acids is 2. The van der Waals surface area contributed by atoms with E-state index < -0.39 is 5.97 Å². The Morgan fingerprint density at radius 1 is 1.40 bits per heavy atom. The van der Waals surface area contributed by atoms with Gasteiger partial charge in [-0.3, -0.25) is 4.79 Å². The van der Waals surface area contributed by atoms with Crippen molar-refractivity contribution in [1.29, 1.82) is 0 Å². The number of esters is 1. The Balaban J connectivity index is 1.90. The molecule has 0 bridgehead atoms. The second kappa shape index (κ2) is 6.27. The largest absolute Gasteiger partial charge is 0.465 e. The monoisotopic (exact) mass is 277 g/mol. The van der Waals surface area contributed by atoms with Crippen LogP contribution in [0, 0.1) is 0 Å². The zero-order valence-electron chi connectivity index (χ0n) is 11.4. The van der Waals surface area contributed by atoms with Crippen molar-refractivity contribution in [2.24, 2.45) is 0 Å². The molecule has 1 aliphatic carbocycles. The highest BCUT2D eigenvalue weighted by molar-refractivity contribution is 5.96. The number of anilines is 2. The summed E-state index contributed by atoms with van der Waals surface area (Å²) < 4.78 is 4.71. The van der Waals surface area contributed by atoms with Crippen LogP contribution in [0.25, 0.3) is 0 Å². The van der Waals surface area contributed by atoms with E-state index in [1.54, 1.807) is 18.2 Å². The summed E-state index contributed by atoms with van der Waals surface area (Å²) in [5.41, 5.74) is 7.13. The maximum Gasteiger partial charge on any atom is 0.340 e. The Hall–Kier alpha value is -2.24. The zero-order valence-corrected chi connectivity index (χ0v) is 11.4. The summed E-state index contributed by atoms with van der Waals surface area (Å²) in [4.78, 5) is 23.2. The zero-order chi connectivity index (χ0) is 14.5. The van der Waals surface area contributed by atoms with Gasteiger partial charge in [0.25, 0.3) is 0 Å². The molecule has 6 heteroatoms. The van der Waals surface area contributed by atoms with Crippen LogP contribution in [-0.4, -0.2) is 31.6 Å². The number of hydrogen-bond acceptors (Lipinski definition) is 5. The topological polar surface area (TPSA) is 93.4 Å². The molecular formula is C14H19N3O3. The average Bonchev–Trinajstić information content (AvgIpc) is 3.23. The molecule has 1 aliphatic rings. The maximum atomic E-state index is 11.6. The summed E-state index contributed by atoms with van der Waals surface area (Å²) in [6.45, 7) is 0.451. The Kier molecular flexibility index (Phi) is 4.45. The molecule has 4 N–H and O–H groups in total. The molecular weight excluding hydrogens is 258 g/mol. The van der Waals surface area contributed by atoms with Crippen LogP contribution in [-0.2, 0) is 9.53 Å². The molecule has 0 unspecified atom stereocenters. The first-order chi connectivity index (χ1) is 9.60. The highest BCUT2D eigenvalue weighted by atomic mass is 16.5. The number of amides is 1. The molecule has 1 amide bonds. The Bertz CT molecular complexity index is 512. The van der Waals surface area contributed by atoms with Crippen molar-refractivity contribution >= 4 is 23.3 Å². The predicted molar refractivity (Wildman–Crippen MR) is 76.5 cm³/mol. The number of hydrogen-bond donors (Lipinski definition) is 3. The van der Waals surface area contributed by atoms with Crippen LogP contribution < -0.4 is 16.4 Å². The lowest BCUT2D eigenvalue weighted by atomic mass is 10.1. The lowest BCUT2D eigenvalue weighted by molar-refractivity contribution is -0.120. The van der Waals surface area contributed by atoms with Gasteiger partial charge >= 0.3 is 5.97 Å². The summed E-state index contributed by atoms with van der Waals surface area (Å²) in [7, 11) is 1.32. The minimum atomic E-state index is -0.456. The van der Waals surface area contributed by atoms with Gasteiger partial charge in [0.15, 0.2) is 0 Å². The van der Waals surface area contributed by atoms with Crippen LogP contribution in [0.3, 0.4) is 0 Å². The SMILES string of the molecule is COC(=O)c1cc(N)ccc1NCCC(=O)NC1CC1. The molecule has 0 radical (unpaired) electrons. The molecule has 0 aliphatic heterocycles. The van der Waals surface area contributed by atoms with Crippen LogP contribution in [0.2, 0.25) is 0 Å². The molecule has 1 saturated carbocycles. The molecule has 1 fully saturated rings. The minimum absolute atomic E-state index is 0.0232. The van der Waals surface area contributed by atoms with Crippen LogP contribution >= 0.6 is 0 Å². The molecule has 0 heterocycles. The van der Waals surface area contributed by atoms with Gasteiger partial charge in [-0.1, -0.05) is 0 Å². The normalized spacial score (nSPS) is 13.7. The van der Waals surface area contributed by atoms with E-state index in [1.807, 2.05) is 0 Å². The fourth-order valence-electron chi connectivity index (χ4n) is 1.83. The van der Waals surface area contributed by atoms with E-state index in [4.69, 9.17) is 10.5 Å². The van der Waals surface area contributed by atoms with E-state index in [0.29, 0.717) is 35.9 Å². The van der Waals surface area contributed by atoms with Crippen LogP contribution in [0.5, 0.6) is 0 Å². The van der Waals surface area contributed by atoms with Gasteiger partial charge in [0.05, 0.1) is 12.7 Å². The number of methoxy groups -OCH3 is 1. The molecule has 2 rings (SSSR count). The summed E-state index contributed by atoms with van der Waals surface area (Å²) >= 11 is 0. The van der Waals surface area contributed by atoms with E-state index in [9.17, 15) is 9.59 Å². The van der Waals surface area contributed by atoms with Gasteiger partial charge in [-0.15, -0.1) is 0 Å². The molecule has 0 atom stereocenters. The highest BCUT2D eigenvalue weighted by Crippen LogP contribution is 2.20. The minimum Gasteiger partial charge on any atom is -0.465 e. The Labute approximate surface area is 117 Å². The smallest absolute Gasteiger partial charge is 0.340 e. The van der Waals surface area contributed by atoms with E-state index in [2.05, 4.69) is 10.6 Å². The second-order valence-electron chi connectivity index (χ2n) is 4.82. The molecule has 0 saturated heterocycles. The first kappa shape index (κ1) is 14.2. The standard InChI is InChI=1S/C14H19N3O3/c1-20-14(19)11-8-9(15)2-5-12(11)16-7-6-13(18)17-10-3-4-10/h2,5,8,10,16H,3-4,6-7,15H2,1H3,(H,17,18). The number of rotatable bonds is 6. The molecule has 0 aromatic heterocycles. The molecule has 20 heavy (non-hydrogen) atoms. The molecule has 6 nitrogen and oxygen atoms in total. The number of nitrogen functional groups attached to an aromatic ring is 1. The van der Waals surface area contributed by atoms with Crippen molar-refractivity contribution in [3.05, 3.63) is 23.8 Å². The molecule has 1 aromatic rings.